The van der Waals surface area contributed by atoms with Crippen LogP contribution in [-0.4, -0.2) is 31.3 Å². The second kappa shape index (κ2) is 4.37. The van der Waals surface area contributed by atoms with Crippen LogP contribution in [0.4, 0.5) is 14.7 Å². The number of fused-ring (bicyclic) bond motifs is 1. The van der Waals surface area contributed by atoms with Crippen LogP contribution in [0, 0.1) is 11.6 Å². The van der Waals surface area contributed by atoms with Crippen molar-refractivity contribution in [1.82, 2.24) is 20.2 Å². The Balaban J connectivity index is 2.14. The molecule has 0 radical (unpaired) electrons. The molecule has 0 saturated heterocycles. The quantitative estimate of drug-likeness (QED) is 0.849. The number of carboxylic acid groups (broad SMARTS) is 1. The third-order valence-corrected chi connectivity index (χ3v) is 2.84. The van der Waals surface area contributed by atoms with Gasteiger partial charge in [0, 0.05) is 11.6 Å². The Morgan fingerprint density at radius 3 is 2.90 bits per heavy atom. The summed E-state index contributed by atoms with van der Waals surface area (Å²) in [5.74, 6) is -2.69. The second-order valence-electron chi connectivity index (χ2n) is 4.07. The molecule has 2 aromatic rings. The van der Waals surface area contributed by atoms with E-state index in [1.165, 1.54) is 16.8 Å². The van der Waals surface area contributed by atoms with Crippen LogP contribution in [0.15, 0.2) is 30.0 Å². The molecule has 0 amide bonds. The smallest absolute Gasteiger partial charge is 0.352 e. The molecule has 102 valence electrons. The number of nitrogens with one attached hydrogen (secondary N) is 1. The minimum atomic E-state index is -1.23. The molecule has 9 heteroatoms. The number of aromatic nitrogens is 4. The predicted molar refractivity (Wildman–Crippen MR) is 61.7 cm³/mol. The van der Waals surface area contributed by atoms with E-state index in [4.69, 9.17) is 5.11 Å². The van der Waals surface area contributed by atoms with Gasteiger partial charge in [0.15, 0.2) is 0 Å². The largest absolute Gasteiger partial charge is 0.477 e. The lowest BCUT2D eigenvalue weighted by molar-refractivity contribution is -0.132. The summed E-state index contributed by atoms with van der Waals surface area (Å²) >= 11 is 0. The molecule has 0 spiro atoms. The summed E-state index contributed by atoms with van der Waals surface area (Å²) in [5.41, 5.74) is -0.110. The molecule has 2 heterocycles. The van der Waals surface area contributed by atoms with Crippen molar-refractivity contribution in [1.29, 1.82) is 0 Å². The zero-order valence-corrected chi connectivity index (χ0v) is 9.79. The Kier molecular flexibility index (Phi) is 2.67. The highest BCUT2D eigenvalue weighted by molar-refractivity contribution is 5.90. The fourth-order valence-corrected chi connectivity index (χ4v) is 1.94. The summed E-state index contributed by atoms with van der Waals surface area (Å²) in [5, 5.41) is 22.2. The minimum Gasteiger partial charge on any atom is -0.477 e. The highest BCUT2D eigenvalue weighted by Gasteiger charge is 2.28. The number of tetrazole rings is 1. The highest BCUT2D eigenvalue weighted by atomic mass is 19.1. The fourth-order valence-electron chi connectivity index (χ4n) is 1.94. The van der Waals surface area contributed by atoms with Crippen molar-refractivity contribution in [3.05, 3.63) is 47.2 Å². The van der Waals surface area contributed by atoms with E-state index in [-0.39, 0.29) is 17.2 Å². The Morgan fingerprint density at radius 2 is 2.20 bits per heavy atom. The maximum atomic E-state index is 13.8. The van der Waals surface area contributed by atoms with Crippen LogP contribution in [0.1, 0.15) is 11.6 Å². The lowest BCUT2D eigenvalue weighted by atomic mass is 10.0. The molecule has 0 fully saturated rings. The Bertz CT molecular complexity index is 727. The summed E-state index contributed by atoms with van der Waals surface area (Å²) in [6, 6.07) is 2.16. The van der Waals surface area contributed by atoms with Crippen LogP contribution in [0.25, 0.3) is 0 Å². The fraction of sp³-hybridized carbons (Fsp3) is 0.0909. The van der Waals surface area contributed by atoms with E-state index >= 15 is 0 Å². The summed E-state index contributed by atoms with van der Waals surface area (Å²) in [6.07, 6.45) is 1.25. The minimum absolute atomic E-state index is 0.0682. The van der Waals surface area contributed by atoms with Crippen LogP contribution in [0.3, 0.4) is 0 Å². The number of hydrogen-bond acceptors (Lipinski definition) is 5. The molecular weight excluding hydrogens is 272 g/mol. The van der Waals surface area contributed by atoms with Gasteiger partial charge in [0.2, 0.25) is 5.95 Å². The summed E-state index contributed by atoms with van der Waals surface area (Å²) in [4.78, 5) is 11.0. The second-order valence-corrected chi connectivity index (χ2v) is 4.07. The van der Waals surface area contributed by atoms with Crippen molar-refractivity contribution in [2.75, 3.05) is 5.32 Å². The van der Waals surface area contributed by atoms with Crippen LogP contribution >= 0.6 is 0 Å². The summed E-state index contributed by atoms with van der Waals surface area (Å²) < 4.78 is 28.0. The molecule has 20 heavy (non-hydrogen) atoms. The first kappa shape index (κ1) is 12.2. The van der Waals surface area contributed by atoms with Gasteiger partial charge >= 0.3 is 5.97 Å². The van der Waals surface area contributed by atoms with Gasteiger partial charge in [-0.15, -0.1) is 0 Å². The van der Waals surface area contributed by atoms with Crippen molar-refractivity contribution >= 4 is 11.9 Å². The first-order chi connectivity index (χ1) is 9.56. The third kappa shape index (κ3) is 1.88. The molecule has 7 nitrogen and oxygen atoms in total. The number of rotatable bonds is 2. The normalized spacial score (nSPS) is 17.1. The Hall–Kier alpha value is -2.84. The van der Waals surface area contributed by atoms with Crippen LogP contribution < -0.4 is 5.32 Å². The molecule has 1 aromatic carbocycles. The third-order valence-electron chi connectivity index (χ3n) is 2.84. The van der Waals surface area contributed by atoms with Gasteiger partial charge in [-0.25, -0.2) is 13.6 Å². The van der Waals surface area contributed by atoms with Gasteiger partial charge in [-0.3, -0.25) is 0 Å². The van der Waals surface area contributed by atoms with Gasteiger partial charge in [-0.1, -0.05) is 11.2 Å². The van der Waals surface area contributed by atoms with E-state index in [9.17, 15) is 13.6 Å². The molecule has 2 N–H and O–H groups in total. The number of halogens is 2. The molecule has 1 unspecified atom stereocenters. The lowest BCUT2D eigenvalue weighted by Gasteiger charge is -2.21. The van der Waals surface area contributed by atoms with Crippen molar-refractivity contribution in [3.63, 3.8) is 0 Å². The molecule has 1 aliphatic rings. The van der Waals surface area contributed by atoms with Gasteiger partial charge in [-0.2, -0.15) is 4.68 Å². The van der Waals surface area contributed by atoms with E-state index in [0.717, 1.165) is 12.1 Å². The number of allylic oxidation sites excluding steroid dienone is 1. The molecule has 3 rings (SSSR count). The molecule has 0 aliphatic carbocycles. The van der Waals surface area contributed by atoms with Gasteiger partial charge in [-0.05, 0) is 22.6 Å². The lowest BCUT2D eigenvalue weighted by Crippen LogP contribution is -2.24. The van der Waals surface area contributed by atoms with E-state index in [1.54, 1.807) is 0 Å². The van der Waals surface area contributed by atoms with Crippen molar-refractivity contribution in [2.24, 2.45) is 0 Å². The average molecular weight is 279 g/mol. The number of nitrogens with zero attached hydrogens (tertiary/aromatic N) is 4. The van der Waals surface area contributed by atoms with Gasteiger partial charge in [0.1, 0.15) is 23.4 Å². The number of benzene rings is 1. The van der Waals surface area contributed by atoms with E-state index in [0.29, 0.717) is 0 Å². The first-order valence-corrected chi connectivity index (χ1v) is 5.51. The van der Waals surface area contributed by atoms with Crippen LogP contribution in [-0.2, 0) is 4.79 Å². The van der Waals surface area contributed by atoms with E-state index in [1.807, 2.05) is 0 Å². The maximum absolute atomic E-state index is 13.8. The molecule has 0 bridgehead atoms. The topological polar surface area (TPSA) is 92.9 Å². The molecule has 1 aliphatic heterocycles. The summed E-state index contributed by atoms with van der Waals surface area (Å²) in [7, 11) is 0. The monoisotopic (exact) mass is 279 g/mol. The highest BCUT2D eigenvalue weighted by Crippen LogP contribution is 2.29. The maximum Gasteiger partial charge on any atom is 0.352 e. The molecule has 0 saturated carbocycles. The average Bonchev–Trinajstić information content (AvgIpc) is 2.86. The standard InChI is InChI=1S/C11H7F2N5O2/c12-5-1-2-6(7(13)3-5)9-4-8(10(19)20)14-11-15-16-17-18(9)11/h1-4,9H,(H,19,20)(H,14,15,17). The van der Waals surface area contributed by atoms with Crippen LogP contribution in [0.2, 0.25) is 0 Å². The number of carboxylic acids is 1. The SMILES string of the molecule is O=C(O)C1=CC(c2ccc(F)cc2F)n2nnnc2N1. The van der Waals surface area contributed by atoms with E-state index < -0.39 is 23.6 Å². The Morgan fingerprint density at radius 1 is 1.40 bits per heavy atom. The number of anilines is 1. The Labute approximate surface area is 110 Å². The first-order valence-electron chi connectivity index (χ1n) is 5.51. The van der Waals surface area contributed by atoms with Crippen molar-refractivity contribution < 1.29 is 18.7 Å². The number of aliphatic carboxylic acids is 1. The van der Waals surface area contributed by atoms with Gasteiger partial charge in [0.25, 0.3) is 0 Å². The predicted octanol–water partition coefficient (Wildman–Crippen LogP) is 0.935. The zero-order chi connectivity index (χ0) is 14.3. The van der Waals surface area contributed by atoms with Crippen LogP contribution in [0.5, 0.6) is 0 Å². The molecule has 1 aromatic heterocycles. The summed E-state index contributed by atoms with van der Waals surface area (Å²) in [6.45, 7) is 0. The van der Waals surface area contributed by atoms with E-state index in [2.05, 4.69) is 20.8 Å². The number of carbonyl (C=O) groups is 1. The number of hydrogen-bond donors (Lipinski definition) is 2. The molecule has 1 atom stereocenters. The van der Waals surface area contributed by atoms with Crippen molar-refractivity contribution in [3.8, 4) is 0 Å². The zero-order valence-electron chi connectivity index (χ0n) is 9.79. The van der Waals surface area contributed by atoms with Gasteiger partial charge < -0.3 is 10.4 Å². The van der Waals surface area contributed by atoms with Gasteiger partial charge in [0.05, 0.1) is 0 Å². The van der Waals surface area contributed by atoms with Crippen molar-refractivity contribution in [2.45, 2.75) is 6.04 Å². The molecular formula is C11H7F2N5O2.